The van der Waals surface area contributed by atoms with Gasteiger partial charge in [-0.05, 0) is 57.8 Å². The van der Waals surface area contributed by atoms with Crippen LogP contribution in [0.15, 0.2) is 13.6 Å². The van der Waals surface area contributed by atoms with Crippen LogP contribution in [0.1, 0.15) is 23.2 Å². The van der Waals surface area contributed by atoms with Gasteiger partial charge in [0.05, 0.1) is 13.1 Å². The molecule has 1 amide bonds. The highest BCUT2D eigenvalue weighted by Crippen LogP contribution is 2.33. The monoisotopic (exact) mass is 416 g/mol. The molecule has 1 N–H and O–H groups in total. The van der Waals surface area contributed by atoms with Gasteiger partial charge in [0.15, 0.2) is 0 Å². The molecular weight excluding hydrogens is 403 g/mol. The summed E-state index contributed by atoms with van der Waals surface area (Å²) in [6, 6.07) is 2.31. The van der Waals surface area contributed by atoms with E-state index in [2.05, 4.69) is 37.2 Å². The highest BCUT2D eigenvalue weighted by molar-refractivity contribution is 9.12. The minimum atomic E-state index is 0. The molecule has 1 aliphatic rings. The van der Waals surface area contributed by atoms with Crippen molar-refractivity contribution in [3.8, 4) is 0 Å². The molecule has 1 fully saturated rings. The second kappa shape index (κ2) is 7.24. The molecule has 1 aromatic heterocycles. The van der Waals surface area contributed by atoms with Gasteiger partial charge in [0.2, 0.25) is 0 Å². The van der Waals surface area contributed by atoms with E-state index in [9.17, 15) is 4.79 Å². The predicted octanol–water partition coefficient (Wildman–Crippen LogP) is 3.52. The number of nitrogens with one attached hydrogen (secondary N) is 1. The number of halogens is 3. The third kappa shape index (κ3) is 3.70. The van der Waals surface area contributed by atoms with Crippen LogP contribution in [0.5, 0.6) is 0 Å². The van der Waals surface area contributed by atoms with Crippen LogP contribution < -0.4 is 5.32 Å². The van der Waals surface area contributed by atoms with Crippen LogP contribution in [0, 0.1) is 0 Å². The van der Waals surface area contributed by atoms with Crippen LogP contribution in [0.2, 0.25) is 0 Å². The zero-order chi connectivity index (χ0) is 12.4. The maximum absolute atomic E-state index is 12.3. The van der Waals surface area contributed by atoms with Crippen molar-refractivity contribution in [2.45, 2.75) is 18.9 Å². The zero-order valence-corrected chi connectivity index (χ0v) is 14.7. The van der Waals surface area contributed by atoms with Crippen LogP contribution in [-0.4, -0.2) is 37.0 Å². The topological polar surface area (TPSA) is 32.3 Å². The number of likely N-dealkylation sites (N-methyl/N-ethyl adjacent to an activating group) is 1. The minimum absolute atomic E-state index is 0. The first-order valence-corrected chi connectivity index (χ1v) is 7.93. The Kier molecular flexibility index (Phi) is 6.61. The van der Waals surface area contributed by atoms with Crippen molar-refractivity contribution in [3.63, 3.8) is 0 Å². The maximum Gasteiger partial charge on any atom is 0.255 e. The van der Waals surface area contributed by atoms with E-state index in [0.717, 1.165) is 39.1 Å². The van der Waals surface area contributed by atoms with E-state index >= 15 is 0 Å². The molecule has 1 aliphatic heterocycles. The van der Waals surface area contributed by atoms with Gasteiger partial charge in [-0.25, -0.2) is 0 Å². The fourth-order valence-corrected chi connectivity index (χ4v) is 4.83. The SMILES string of the molecule is CNC1CCCN(C(=O)c2cc(Br)sc2Br)C1.Cl. The van der Waals surface area contributed by atoms with Crippen molar-refractivity contribution >= 4 is 61.5 Å². The normalized spacial score (nSPS) is 19.5. The quantitative estimate of drug-likeness (QED) is 0.797. The Morgan fingerprint density at radius 3 is 2.83 bits per heavy atom. The summed E-state index contributed by atoms with van der Waals surface area (Å²) in [5.41, 5.74) is 0.763. The summed E-state index contributed by atoms with van der Waals surface area (Å²) in [5.74, 6) is 0.124. The van der Waals surface area contributed by atoms with Crippen LogP contribution >= 0.6 is 55.6 Å². The van der Waals surface area contributed by atoms with Crippen LogP contribution in [0.3, 0.4) is 0 Å². The molecular formula is C11H15Br2ClN2OS. The molecule has 1 atom stereocenters. The number of hydrogen-bond acceptors (Lipinski definition) is 3. The molecule has 18 heavy (non-hydrogen) atoms. The average Bonchev–Trinajstić information content (AvgIpc) is 2.67. The number of thiophene rings is 1. The Morgan fingerprint density at radius 1 is 1.56 bits per heavy atom. The number of piperidine rings is 1. The first-order valence-electron chi connectivity index (χ1n) is 5.53. The lowest BCUT2D eigenvalue weighted by molar-refractivity contribution is 0.0698. The number of carbonyl (C=O) groups excluding carboxylic acids is 1. The molecule has 0 spiro atoms. The van der Waals surface area contributed by atoms with Gasteiger partial charge < -0.3 is 10.2 Å². The summed E-state index contributed by atoms with van der Waals surface area (Å²) in [7, 11) is 1.95. The molecule has 2 heterocycles. The molecule has 0 aliphatic carbocycles. The van der Waals surface area contributed by atoms with E-state index in [1.54, 1.807) is 0 Å². The summed E-state index contributed by atoms with van der Waals surface area (Å²) >= 11 is 8.39. The van der Waals surface area contributed by atoms with E-state index in [1.807, 2.05) is 18.0 Å². The van der Waals surface area contributed by atoms with Crippen molar-refractivity contribution in [2.75, 3.05) is 20.1 Å². The van der Waals surface area contributed by atoms with Crippen molar-refractivity contribution < 1.29 is 4.79 Å². The van der Waals surface area contributed by atoms with Gasteiger partial charge in [0.25, 0.3) is 5.91 Å². The van der Waals surface area contributed by atoms with Crippen LogP contribution in [0.25, 0.3) is 0 Å². The van der Waals surface area contributed by atoms with E-state index in [4.69, 9.17) is 0 Å². The summed E-state index contributed by atoms with van der Waals surface area (Å²) in [4.78, 5) is 14.3. The van der Waals surface area contributed by atoms with E-state index in [-0.39, 0.29) is 18.3 Å². The Labute approximate surface area is 134 Å². The summed E-state index contributed by atoms with van der Waals surface area (Å²) < 4.78 is 1.89. The summed E-state index contributed by atoms with van der Waals surface area (Å²) in [6.07, 6.45) is 2.22. The van der Waals surface area contributed by atoms with Gasteiger partial charge in [-0.3, -0.25) is 4.79 Å². The molecule has 0 aromatic carbocycles. The van der Waals surface area contributed by atoms with Gasteiger partial charge in [-0.15, -0.1) is 23.7 Å². The standard InChI is InChI=1S/C11H14Br2N2OS.ClH/c1-14-7-3-2-4-15(6-7)11(16)8-5-9(12)17-10(8)13;/h5,7,14H,2-4,6H2,1H3;1H. The highest BCUT2D eigenvalue weighted by Gasteiger charge is 2.25. The molecule has 1 unspecified atom stereocenters. The number of carbonyl (C=O) groups is 1. The third-order valence-corrected chi connectivity index (χ3v) is 5.34. The lowest BCUT2D eigenvalue weighted by Gasteiger charge is -2.32. The predicted molar refractivity (Wildman–Crippen MR) is 85.0 cm³/mol. The van der Waals surface area contributed by atoms with Crippen molar-refractivity contribution in [1.82, 2.24) is 10.2 Å². The average molecular weight is 419 g/mol. The first kappa shape index (κ1) is 16.4. The lowest BCUT2D eigenvalue weighted by Crippen LogP contribution is -2.46. The van der Waals surface area contributed by atoms with Crippen LogP contribution in [0.4, 0.5) is 0 Å². The number of hydrogen-bond donors (Lipinski definition) is 1. The fourth-order valence-electron chi connectivity index (χ4n) is 2.05. The Morgan fingerprint density at radius 2 is 2.28 bits per heavy atom. The van der Waals surface area contributed by atoms with Crippen molar-refractivity contribution in [3.05, 3.63) is 19.2 Å². The van der Waals surface area contributed by atoms with Crippen molar-refractivity contribution in [2.24, 2.45) is 0 Å². The molecule has 0 saturated carbocycles. The van der Waals surface area contributed by atoms with Gasteiger partial charge in [-0.1, -0.05) is 0 Å². The largest absolute Gasteiger partial charge is 0.337 e. The number of likely N-dealkylation sites (tertiary alicyclic amines) is 1. The van der Waals surface area contributed by atoms with Crippen LogP contribution in [-0.2, 0) is 0 Å². The van der Waals surface area contributed by atoms with Gasteiger partial charge in [-0.2, -0.15) is 0 Å². The molecule has 3 nitrogen and oxygen atoms in total. The Hall–Kier alpha value is 0.380. The molecule has 1 aromatic rings. The second-order valence-electron chi connectivity index (χ2n) is 4.12. The lowest BCUT2D eigenvalue weighted by atomic mass is 10.1. The highest BCUT2D eigenvalue weighted by atomic mass is 79.9. The fraction of sp³-hybridized carbons (Fsp3) is 0.545. The molecule has 7 heteroatoms. The molecule has 2 rings (SSSR count). The van der Waals surface area contributed by atoms with Gasteiger partial charge >= 0.3 is 0 Å². The molecule has 102 valence electrons. The Balaban J connectivity index is 0.00000162. The van der Waals surface area contributed by atoms with Crippen molar-refractivity contribution in [1.29, 1.82) is 0 Å². The molecule has 0 bridgehead atoms. The molecule has 1 saturated heterocycles. The Bertz CT molecular complexity index is 427. The number of nitrogens with zero attached hydrogens (tertiary/aromatic N) is 1. The smallest absolute Gasteiger partial charge is 0.255 e. The van der Waals surface area contributed by atoms with E-state index < -0.39 is 0 Å². The zero-order valence-electron chi connectivity index (χ0n) is 9.91. The summed E-state index contributed by atoms with van der Waals surface area (Å²) in [6.45, 7) is 1.66. The second-order valence-corrected chi connectivity index (χ2v) is 7.87. The van der Waals surface area contributed by atoms with Gasteiger partial charge in [0, 0.05) is 19.1 Å². The first-order chi connectivity index (χ1) is 8.11. The van der Waals surface area contributed by atoms with Gasteiger partial charge in [0.1, 0.15) is 0 Å². The number of amides is 1. The third-order valence-electron chi connectivity index (χ3n) is 3.00. The van der Waals surface area contributed by atoms with E-state index in [0.29, 0.717) is 6.04 Å². The molecule has 0 radical (unpaired) electrons. The number of rotatable bonds is 2. The summed E-state index contributed by atoms with van der Waals surface area (Å²) in [5, 5.41) is 3.25. The minimum Gasteiger partial charge on any atom is -0.337 e. The van der Waals surface area contributed by atoms with E-state index in [1.165, 1.54) is 11.3 Å². The maximum atomic E-state index is 12.3.